The molecule has 0 atom stereocenters. The number of nitrogens with zero attached hydrogens (tertiary/aromatic N) is 2. The van der Waals surface area contributed by atoms with Gasteiger partial charge in [-0.1, -0.05) is 0 Å². The minimum atomic E-state index is -0.587. The first-order valence-electron chi connectivity index (χ1n) is 5.35. The lowest BCUT2D eigenvalue weighted by molar-refractivity contribution is -0.136. The first-order valence-corrected chi connectivity index (χ1v) is 5.35. The largest absolute Gasteiger partial charge is 0.391 e. The molecule has 6 heteroatoms. The van der Waals surface area contributed by atoms with Crippen molar-refractivity contribution >= 4 is 5.97 Å². The van der Waals surface area contributed by atoms with E-state index in [1.54, 1.807) is 6.07 Å². The second-order valence-corrected chi connectivity index (χ2v) is 3.76. The Labute approximate surface area is 98.9 Å². The Bertz CT molecular complexity index is 402. The molecule has 6 nitrogen and oxygen atoms in total. The third kappa shape index (κ3) is 2.98. The van der Waals surface area contributed by atoms with E-state index in [4.69, 9.17) is 14.2 Å². The fraction of sp³-hybridized carbons (Fsp3) is 0.545. The zero-order valence-electron chi connectivity index (χ0n) is 9.75. The summed E-state index contributed by atoms with van der Waals surface area (Å²) in [5, 5.41) is 0. The van der Waals surface area contributed by atoms with Crippen LogP contribution >= 0.6 is 0 Å². The lowest BCUT2D eigenvalue weighted by atomic mass is 10.4. The Morgan fingerprint density at radius 1 is 1.41 bits per heavy atom. The summed E-state index contributed by atoms with van der Waals surface area (Å²) in [6, 6.07) is 1.69. The van der Waals surface area contributed by atoms with E-state index < -0.39 is 6.29 Å². The van der Waals surface area contributed by atoms with Crippen molar-refractivity contribution in [1.82, 2.24) is 9.97 Å². The molecule has 1 aliphatic rings. The van der Waals surface area contributed by atoms with Gasteiger partial charge in [-0.25, -0.2) is 4.98 Å². The van der Waals surface area contributed by atoms with Crippen molar-refractivity contribution in [1.29, 1.82) is 0 Å². The lowest BCUT2D eigenvalue weighted by Gasteiger charge is -2.12. The SMILES string of the molecule is COC(OC)c1ccnc(OC(=O)C2CC2)n1. The van der Waals surface area contributed by atoms with Crippen molar-refractivity contribution in [2.45, 2.75) is 19.1 Å². The molecule has 1 heterocycles. The van der Waals surface area contributed by atoms with Crippen LogP contribution in [0.2, 0.25) is 0 Å². The van der Waals surface area contributed by atoms with Gasteiger partial charge in [0.25, 0.3) is 0 Å². The summed E-state index contributed by atoms with van der Waals surface area (Å²) in [5.41, 5.74) is 0.517. The highest BCUT2D eigenvalue weighted by molar-refractivity contribution is 5.76. The highest BCUT2D eigenvalue weighted by Gasteiger charge is 2.32. The summed E-state index contributed by atoms with van der Waals surface area (Å²) in [4.78, 5) is 19.4. The van der Waals surface area contributed by atoms with Crippen LogP contribution in [0.5, 0.6) is 6.01 Å². The average Bonchev–Trinajstić information content (AvgIpc) is 3.15. The third-order valence-corrected chi connectivity index (χ3v) is 2.43. The number of rotatable bonds is 5. The molecule has 0 unspecified atom stereocenters. The molecule has 0 aliphatic heterocycles. The predicted molar refractivity (Wildman–Crippen MR) is 57.2 cm³/mol. The molecule has 1 aromatic rings. The number of carbonyl (C=O) groups excluding carboxylic acids is 1. The molecule has 1 aromatic heterocycles. The zero-order valence-corrected chi connectivity index (χ0v) is 9.75. The number of hydrogen-bond acceptors (Lipinski definition) is 6. The number of carbonyl (C=O) groups is 1. The fourth-order valence-electron chi connectivity index (χ4n) is 1.36. The van der Waals surface area contributed by atoms with Crippen LogP contribution in [-0.2, 0) is 14.3 Å². The van der Waals surface area contributed by atoms with E-state index in [0.717, 1.165) is 12.8 Å². The van der Waals surface area contributed by atoms with E-state index >= 15 is 0 Å². The van der Waals surface area contributed by atoms with E-state index in [-0.39, 0.29) is 17.9 Å². The molecule has 2 rings (SSSR count). The van der Waals surface area contributed by atoms with Crippen molar-refractivity contribution in [2.24, 2.45) is 5.92 Å². The maximum atomic E-state index is 11.4. The minimum Gasteiger partial charge on any atom is -0.391 e. The summed E-state index contributed by atoms with van der Waals surface area (Å²) >= 11 is 0. The van der Waals surface area contributed by atoms with Crippen LogP contribution in [0.1, 0.15) is 24.8 Å². The summed E-state index contributed by atoms with van der Waals surface area (Å²) < 4.78 is 15.2. The molecule has 0 aromatic carbocycles. The molecule has 1 saturated carbocycles. The number of aromatic nitrogens is 2. The van der Waals surface area contributed by atoms with Gasteiger partial charge in [0.15, 0.2) is 0 Å². The Kier molecular flexibility index (Phi) is 3.65. The van der Waals surface area contributed by atoms with Gasteiger partial charge in [-0.2, -0.15) is 4.98 Å². The molecular formula is C11H14N2O4. The van der Waals surface area contributed by atoms with Crippen molar-refractivity contribution in [3.05, 3.63) is 18.0 Å². The molecule has 0 N–H and O–H groups in total. The second-order valence-electron chi connectivity index (χ2n) is 3.76. The van der Waals surface area contributed by atoms with Gasteiger partial charge in [-0.3, -0.25) is 4.79 Å². The third-order valence-electron chi connectivity index (χ3n) is 2.43. The molecule has 0 radical (unpaired) electrons. The fourth-order valence-corrected chi connectivity index (χ4v) is 1.36. The molecule has 17 heavy (non-hydrogen) atoms. The Balaban J connectivity index is 2.07. The minimum absolute atomic E-state index is 0.0166. The molecule has 0 amide bonds. The van der Waals surface area contributed by atoms with E-state index in [0.29, 0.717) is 5.69 Å². The highest BCUT2D eigenvalue weighted by atomic mass is 16.7. The van der Waals surface area contributed by atoms with Gasteiger partial charge in [0, 0.05) is 20.4 Å². The van der Waals surface area contributed by atoms with Crippen LogP contribution in [0.4, 0.5) is 0 Å². The van der Waals surface area contributed by atoms with Crippen molar-refractivity contribution < 1.29 is 19.0 Å². The van der Waals surface area contributed by atoms with Crippen LogP contribution in [0.15, 0.2) is 12.3 Å². The first kappa shape index (κ1) is 11.9. The normalized spacial score (nSPS) is 15.0. The van der Waals surface area contributed by atoms with E-state index in [1.165, 1.54) is 20.4 Å². The predicted octanol–water partition coefficient (Wildman–Crippen LogP) is 1.08. The Hall–Kier alpha value is -1.53. The van der Waals surface area contributed by atoms with E-state index in [9.17, 15) is 4.79 Å². The number of methoxy groups -OCH3 is 2. The summed E-state index contributed by atoms with van der Waals surface area (Å²) in [6.45, 7) is 0. The monoisotopic (exact) mass is 238 g/mol. The van der Waals surface area contributed by atoms with E-state index in [1.807, 2.05) is 0 Å². The van der Waals surface area contributed by atoms with Gasteiger partial charge in [-0.15, -0.1) is 0 Å². The van der Waals surface area contributed by atoms with Gasteiger partial charge in [-0.05, 0) is 18.9 Å². The quantitative estimate of drug-likeness (QED) is 0.564. The van der Waals surface area contributed by atoms with Gasteiger partial charge in [0.05, 0.1) is 5.92 Å². The summed E-state index contributed by atoms with van der Waals surface area (Å²) in [5.74, 6) is -0.253. The van der Waals surface area contributed by atoms with Crippen LogP contribution < -0.4 is 4.74 Å². The number of ether oxygens (including phenoxy) is 3. The van der Waals surface area contributed by atoms with Gasteiger partial charge >= 0.3 is 12.0 Å². The second kappa shape index (κ2) is 5.20. The molecule has 1 aliphatic carbocycles. The van der Waals surface area contributed by atoms with Gasteiger partial charge in [0.2, 0.25) is 6.29 Å². The summed E-state index contributed by atoms with van der Waals surface area (Å²) in [7, 11) is 3.01. The standard InChI is InChI=1S/C11H14N2O4/c1-15-10(16-2)8-5-6-12-11(13-8)17-9(14)7-3-4-7/h5-7,10H,3-4H2,1-2H3. The molecule has 0 spiro atoms. The molecule has 0 saturated heterocycles. The topological polar surface area (TPSA) is 70.5 Å². The Morgan fingerprint density at radius 2 is 2.12 bits per heavy atom. The van der Waals surface area contributed by atoms with Crippen LogP contribution in [-0.4, -0.2) is 30.2 Å². The number of hydrogen-bond donors (Lipinski definition) is 0. The van der Waals surface area contributed by atoms with Gasteiger partial charge < -0.3 is 14.2 Å². The summed E-state index contributed by atoms with van der Waals surface area (Å²) in [6.07, 6.45) is 2.69. The van der Waals surface area contributed by atoms with Crippen LogP contribution in [0.25, 0.3) is 0 Å². The molecule has 0 bridgehead atoms. The maximum absolute atomic E-state index is 11.4. The zero-order chi connectivity index (χ0) is 12.3. The molecule has 92 valence electrons. The van der Waals surface area contributed by atoms with E-state index in [2.05, 4.69) is 9.97 Å². The molecular weight excluding hydrogens is 224 g/mol. The van der Waals surface area contributed by atoms with Crippen molar-refractivity contribution in [2.75, 3.05) is 14.2 Å². The number of esters is 1. The van der Waals surface area contributed by atoms with Crippen LogP contribution in [0, 0.1) is 5.92 Å². The van der Waals surface area contributed by atoms with Crippen LogP contribution in [0.3, 0.4) is 0 Å². The lowest BCUT2D eigenvalue weighted by Crippen LogP contribution is -2.13. The van der Waals surface area contributed by atoms with Gasteiger partial charge in [0.1, 0.15) is 5.69 Å². The maximum Gasteiger partial charge on any atom is 0.324 e. The average molecular weight is 238 g/mol. The van der Waals surface area contributed by atoms with Crippen molar-refractivity contribution in [3.63, 3.8) is 0 Å². The van der Waals surface area contributed by atoms with Crippen molar-refractivity contribution in [3.8, 4) is 6.01 Å². The smallest absolute Gasteiger partial charge is 0.324 e. The molecule has 1 fully saturated rings. The Morgan fingerprint density at radius 3 is 2.71 bits per heavy atom. The highest BCUT2D eigenvalue weighted by Crippen LogP contribution is 2.30. The first-order chi connectivity index (χ1) is 8.24.